The molecule has 0 radical (unpaired) electrons. The number of nitrogens with one attached hydrogen (secondary N) is 1. The van der Waals surface area contributed by atoms with E-state index in [2.05, 4.69) is 16.3 Å². The predicted octanol–water partition coefficient (Wildman–Crippen LogP) is 1.51. The lowest BCUT2D eigenvalue weighted by Gasteiger charge is -2.15. The van der Waals surface area contributed by atoms with Crippen molar-refractivity contribution in [2.24, 2.45) is 0 Å². The minimum absolute atomic E-state index is 0.135. The molecule has 0 saturated heterocycles. The van der Waals surface area contributed by atoms with Crippen LogP contribution in [0.25, 0.3) is 0 Å². The van der Waals surface area contributed by atoms with Gasteiger partial charge in [0.25, 0.3) is 5.56 Å². The van der Waals surface area contributed by atoms with Crippen molar-refractivity contribution in [3.05, 3.63) is 21.6 Å². The zero-order valence-corrected chi connectivity index (χ0v) is 11.5. The minimum atomic E-state index is -0.286. The first-order valence-electron chi connectivity index (χ1n) is 6.14. The molecule has 1 aliphatic rings. The molecule has 0 bridgehead atoms. The average Bonchev–Trinajstić information content (AvgIpc) is 2.86. The quantitative estimate of drug-likeness (QED) is 0.850. The van der Waals surface area contributed by atoms with Gasteiger partial charge in [-0.15, -0.1) is 6.42 Å². The second-order valence-corrected chi connectivity index (χ2v) is 4.95. The minimum Gasteiger partial charge on any atom is -0.381 e. The number of aromatic nitrogens is 2. The van der Waals surface area contributed by atoms with Gasteiger partial charge < -0.3 is 10.1 Å². The van der Waals surface area contributed by atoms with E-state index in [1.165, 1.54) is 10.9 Å². The molecular weight excluding hydrogens is 266 g/mol. The third kappa shape index (κ3) is 3.09. The summed E-state index contributed by atoms with van der Waals surface area (Å²) in [5.41, 5.74) is 0.0833. The van der Waals surface area contributed by atoms with E-state index in [0.717, 1.165) is 19.3 Å². The van der Waals surface area contributed by atoms with E-state index in [1.807, 2.05) is 0 Å². The van der Waals surface area contributed by atoms with Crippen LogP contribution in [0.15, 0.2) is 11.0 Å². The largest absolute Gasteiger partial charge is 0.381 e. The highest BCUT2D eigenvalue weighted by molar-refractivity contribution is 6.33. The van der Waals surface area contributed by atoms with Crippen LogP contribution >= 0.6 is 11.6 Å². The lowest BCUT2D eigenvalue weighted by Crippen LogP contribution is -2.29. The van der Waals surface area contributed by atoms with E-state index in [1.54, 1.807) is 7.11 Å². The van der Waals surface area contributed by atoms with Gasteiger partial charge in [-0.3, -0.25) is 4.79 Å². The van der Waals surface area contributed by atoms with Crippen LogP contribution in [0.1, 0.15) is 19.3 Å². The van der Waals surface area contributed by atoms with Gasteiger partial charge in [-0.1, -0.05) is 17.5 Å². The van der Waals surface area contributed by atoms with Gasteiger partial charge in [0.05, 0.1) is 17.3 Å². The zero-order chi connectivity index (χ0) is 13.8. The summed E-state index contributed by atoms with van der Waals surface area (Å²) in [7, 11) is 1.70. The Morgan fingerprint density at radius 2 is 2.47 bits per heavy atom. The molecule has 0 aliphatic heterocycles. The molecule has 1 fully saturated rings. The molecule has 1 saturated carbocycles. The van der Waals surface area contributed by atoms with Crippen LogP contribution in [0, 0.1) is 12.3 Å². The molecule has 102 valence electrons. The van der Waals surface area contributed by atoms with E-state index < -0.39 is 0 Å². The van der Waals surface area contributed by atoms with Crippen molar-refractivity contribution in [1.29, 1.82) is 0 Å². The monoisotopic (exact) mass is 281 g/mol. The van der Waals surface area contributed by atoms with Crippen molar-refractivity contribution in [1.82, 2.24) is 9.78 Å². The molecule has 1 aromatic heterocycles. The maximum Gasteiger partial charge on any atom is 0.292 e. The van der Waals surface area contributed by atoms with E-state index >= 15 is 0 Å². The third-order valence-corrected chi connectivity index (χ3v) is 3.59. The highest BCUT2D eigenvalue weighted by atomic mass is 35.5. The third-order valence-electron chi connectivity index (χ3n) is 3.30. The zero-order valence-electron chi connectivity index (χ0n) is 10.7. The molecule has 1 aliphatic carbocycles. The standard InChI is InChI=1S/C13H16ClN3O2/c1-3-6-17-13(18)12(11(14)8-15-17)16-9-4-5-10(7-9)19-2/h1,8-10,16H,4-7H2,2H3. The molecule has 0 amide bonds. The number of rotatable bonds is 4. The van der Waals surface area contributed by atoms with Crippen molar-refractivity contribution in [3.63, 3.8) is 0 Å². The SMILES string of the molecule is C#CCn1ncc(Cl)c(NC2CCC(OC)C2)c1=O. The maximum atomic E-state index is 12.1. The Hall–Kier alpha value is -1.51. The first-order valence-corrected chi connectivity index (χ1v) is 6.52. The lowest BCUT2D eigenvalue weighted by atomic mass is 10.2. The summed E-state index contributed by atoms with van der Waals surface area (Å²) in [6, 6.07) is 0.192. The summed E-state index contributed by atoms with van der Waals surface area (Å²) < 4.78 is 6.53. The van der Waals surface area contributed by atoms with Crippen molar-refractivity contribution in [3.8, 4) is 12.3 Å². The Balaban J connectivity index is 2.18. The number of anilines is 1. The van der Waals surface area contributed by atoms with Gasteiger partial charge in [0.2, 0.25) is 0 Å². The fourth-order valence-electron chi connectivity index (χ4n) is 2.29. The number of terminal acetylenes is 1. The lowest BCUT2D eigenvalue weighted by molar-refractivity contribution is 0.108. The maximum absolute atomic E-state index is 12.1. The van der Waals surface area contributed by atoms with Crippen LogP contribution in [0.4, 0.5) is 5.69 Å². The number of methoxy groups -OCH3 is 1. The van der Waals surface area contributed by atoms with Gasteiger partial charge in [-0.05, 0) is 19.3 Å². The van der Waals surface area contributed by atoms with E-state index in [0.29, 0.717) is 10.7 Å². The van der Waals surface area contributed by atoms with Gasteiger partial charge in [0.1, 0.15) is 12.2 Å². The predicted molar refractivity (Wildman–Crippen MR) is 74.4 cm³/mol. The van der Waals surface area contributed by atoms with Crippen LogP contribution in [0.5, 0.6) is 0 Å². The number of hydrogen-bond acceptors (Lipinski definition) is 4. The highest BCUT2D eigenvalue weighted by Crippen LogP contribution is 2.26. The number of ether oxygens (including phenoxy) is 1. The van der Waals surface area contributed by atoms with E-state index in [4.69, 9.17) is 22.8 Å². The molecule has 1 aromatic rings. The van der Waals surface area contributed by atoms with E-state index in [-0.39, 0.29) is 24.2 Å². The Bertz CT molecular complexity index is 550. The Morgan fingerprint density at radius 3 is 3.11 bits per heavy atom. The summed E-state index contributed by atoms with van der Waals surface area (Å²) in [5.74, 6) is 2.39. The number of halogens is 1. The number of hydrogen-bond donors (Lipinski definition) is 1. The summed E-state index contributed by atoms with van der Waals surface area (Å²) in [5, 5.41) is 7.40. The van der Waals surface area contributed by atoms with Gasteiger partial charge in [-0.2, -0.15) is 5.10 Å². The fraction of sp³-hybridized carbons (Fsp3) is 0.538. The molecule has 2 rings (SSSR count). The van der Waals surface area contributed by atoms with Gasteiger partial charge in [0, 0.05) is 13.2 Å². The van der Waals surface area contributed by atoms with Crippen LogP contribution in [-0.2, 0) is 11.3 Å². The van der Waals surface area contributed by atoms with Gasteiger partial charge >= 0.3 is 0 Å². The van der Waals surface area contributed by atoms with Crippen LogP contribution in [0.3, 0.4) is 0 Å². The molecule has 0 aromatic carbocycles. The molecule has 0 spiro atoms. The summed E-state index contributed by atoms with van der Waals surface area (Å²) >= 11 is 6.03. The summed E-state index contributed by atoms with van der Waals surface area (Å²) in [6.07, 6.45) is 9.67. The summed E-state index contributed by atoms with van der Waals surface area (Å²) in [4.78, 5) is 12.1. The molecule has 2 atom stereocenters. The fourth-order valence-corrected chi connectivity index (χ4v) is 2.47. The molecule has 2 unspecified atom stereocenters. The molecule has 1 heterocycles. The van der Waals surface area contributed by atoms with Crippen molar-refractivity contribution >= 4 is 17.3 Å². The van der Waals surface area contributed by atoms with Crippen LogP contribution in [-0.4, -0.2) is 29.0 Å². The molecule has 19 heavy (non-hydrogen) atoms. The van der Waals surface area contributed by atoms with Crippen LogP contribution < -0.4 is 10.9 Å². The second kappa shape index (κ2) is 6.09. The Labute approximate surface area is 116 Å². The summed E-state index contributed by atoms with van der Waals surface area (Å²) in [6.45, 7) is 0.135. The first-order chi connectivity index (χ1) is 9.15. The van der Waals surface area contributed by atoms with Crippen molar-refractivity contribution in [2.75, 3.05) is 12.4 Å². The van der Waals surface area contributed by atoms with Gasteiger partial charge in [-0.25, -0.2) is 4.68 Å². The topological polar surface area (TPSA) is 56.1 Å². The smallest absolute Gasteiger partial charge is 0.292 e. The molecule has 6 heteroatoms. The Kier molecular flexibility index (Phi) is 4.46. The second-order valence-electron chi connectivity index (χ2n) is 4.55. The Morgan fingerprint density at radius 1 is 1.68 bits per heavy atom. The van der Waals surface area contributed by atoms with Crippen molar-refractivity contribution < 1.29 is 4.74 Å². The van der Waals surface area contributed by atoms with Gasteiger partial charge in [0.15, 0.2) is 0 Å². The molecular formula is C13H16ClN3O2. The highest BCUT2D eigenvalue weighted by Gasteiger charge is 2.25. The molecule has 1 N–H and O–H groups in total. The normalized spacial score (nSPS) is 22.2. The molecule has 5 nitrogen and oxygen atoms in total. The number of nitrogens with zero attached hydrogens (tertiary/aromatic N) is 2. The average molecular weight is 282 g/mol. The van der Waals surface area contributed by atoms with Crippen LogP contribution in [0.2, 0.25) is 5.02 Å². The van der Waals surface area contributed by atoms with E-state index in [9.17, 15) is 4.79 Å². The first kappa shape index (κ1) is 13.9. The van der Waals surface area contributed by atoms with Crippen molar-refractivity contribution in [2.45, 2.75) is 38.0 Å².